The molecule has 0 atom stereocenters. The second-order valence-electron chi connectivity index (χ2n) is 6.09. The Bertz CT molecular complexity index is 1250. The molecule has 2 N–H and O–H groups in total. The minimum Gasteiger partial charge on any atom is -0.340 e. The number of rotatable bonds is 4. The van der Waals surface area contributed by atoms with E-state index in [-0.39, 0.29) is 5.56 Å². The van der Waals surface area contributed by atoms with Gasteiger partial charge in [0.05, 0.1) is 0 Å². The highest BCUT2D eigenvalue weighted by atomic mass is 32.2. The van der Waals surface area contributed by atoms with Crippen molar-refractivity contribution in [3.05, 3.63) is 82.7 Å². The van der Waals surface area contributed by atoms with Crippen LogP contribution in [0.25, 0.3) is 10.8 Å². The molecule has 142 valence electrons. The summed E-state index contributed by atoms with van der Waals surface area (Å²) in [6.45, 7) is 2.14. The molecule has 6 nitrogen and oxygen atoms in total. The first-order valence-electron chi connectivity index (χ1n) is 9.03. The Kier molecular flexibility index (Phi) is 5.54. The quantitative estimate of drug-likeness (QED) is 0.399. The Labute approximate surface area is 171 Å². The van der Waals surface area contributed by atoms with Crippen molar-refractivity contribution < 1.29 is 0 Å². The Morgan fingerprint density at radius 3 is 2.69 bits per heavy atom. The van der Waals surface area contributed by atoms with Gasteiger partial charge in [0, 0.05) is 39.8 Å². The molecule has 0 amide bonds. The topological polar surface area (TPSA) is 83.6 Å². The number of pyridine rings is 2. The summed E-state index contributed by atoms with van der Waals surface area (Å²) >= 11 is 1.81. The summed E-state index contributed by atoms with van der Waals surface area (Å²) in [6.07, 6.45) is 3.50. The predicted octanol–water partition coefficient (Wildman–Crippen LogP) is 3.97. The minimum atomic E-state index is -0.262. The molecule has 0 aliphatic rings. The van der Waals surface area contributed by atoms with E-state index < -0.39 is 0 Å². The van der Waals surface area contributed by atoms with Crippen molar-refractivity contribution in [2.24, 2.45) is 0 Å². The lowest BCUT2D eigenvalue weighted by Gasteiger charge is -2.08. The van der Waals surface area contributed by atoms with Gasteiger partial charge in [-0.2, -0.15) is 5.10 Å². The zero-order valence-electron chi connectivity index (χ0n) is 15.6. The summed E-state index contributed by atoms with van der Waals surface area (Å²) in [4.78, 5) is 21.2. The number of nitrogens with zero attached hydrogens (tertiary/aromatic N) is 3. The Balaban J connectivity index is 1.63. The maximum Gasteiger partial charge on any atom is 0.264 e. The normalized spacial score (nSPS) is 10.4. The van der Waals surface area contributed by atoms with Crippen LogP contribution < -0.4 is 10.9 Å². The molecule has 0 saturated carbocycles. The fourth-order valence-electron chi connectivity index (χ4n) is 2.72. The number of nitrogens with one attached hydrogen (secondary N) is 2. The molecule has 0 aliphatic heterocycles. The smallest absolute Gasteiger partial charge is 0.264 e. The van der Waals surface area contributed by atoms with Gasteiger partial charge in [0.15, 0.2) is 0 Å². The largest absolute Gasteiger partial charge is 0.340 e. The number of thioether (sulfide) groups is 1. The minimum absolute atomic E-state index is 0.262. The SMILES string of the molecule is CCSc1ccc(Nc2cc3c(C#Cc4ccc(=O)[nH]n4)nccc3cn2)cc1. The van der Waals surface area contributed by atoms with Crippen molar-refractivity contribution in [1.82, 2.24) is 20.2 Å². The Morgan fingerprint density at radius 1 is 1.07 bits per heavy atom. The number of aromatic nitrogens is 4. The summed E-state index contributed by atoms with van der Waals surface area (Å²) in [5, 5.41) is 11.4. The Morgan fingerprint density at radius 2 is 1.93 bits per heavy atom. The Hall–Kier alpha value is -3.63. The van der Waals surface area contributed by atoms with Gasteiger partial charge in [0.25, 0.3) is 5.56 Å². The second-order valence-corrected chi connectivity index (χ2v) is 7.43. The van der Waals surface area contributed by atoms with Crippen molar-refractivity contribution in [3.8, 4) is 11.8 Å². The van der Waals surface area contributed by atoms with Crippen molar-refractivity contribution in [2.45, 2.75) is 11.8 Å². The number of H-pyrrole nitrogens is 1. The summed E-state index contributed by atoms with van der Waals surface area (Å²) < 4.78 is 0. The van der Waals surface area contributed by atoms with Gasteiger partial charge in [-0.05, 0) is 60.1 Å². The fourth-order valence-corrected chi connectivity index (χ4v) is 3.38. The van der Waals surface area contributed by atoms with Gasteiger partial charge in [-0.25, -0.2) is 15.1 Å². The summed E-state index contributed by atoms with van der Waals surface area (Å²) in [5.74, 6) is 7.72. The van der Waals surface area contributed by atoms with E-state index in [0.29, 0.717) is 17.2 Å². The van der Waals surface area contributed by atoms with Crippen LogP contribution in [0.1, 0.15) is 18.3 Å². The van der Waals surface area contributed by atoms with Crippen LogP contribution in [0.2, 0.25) is 0 Å². The van der Waals surface area contributed by atoms with Crippen molar-refractivity contribution >= 4 is 34.0 Å². The number of benzene rings is 1. The third-order valence-corrected chi connectivity index (χ3v) is 4.97. The standard InChI is InChI=1S/C22H17N5OS/c1-2-29-18-7-3-16(4-8-18)25-21-13-19-15(14-24-21)11-12-23-20(19)9-5-17-6-10-22(28)27-26-17/h3-4,6-8,10-14H,2H2,1H3,(H,24,25)(H,27,28). The molecular formula is C22H17N5OS. The summed E-state index contributed by atoms with van der Waals surface area (Å²) in [6, 6.07) is 15.1. The number of anilines is 2. The van der Waals surface area contributed by atoms with Crippen molar-refractivity contribution in [2.75, 3.05) is 11.1 Å². The van der Waals surface area contributed by atoms with Gasteiger partial charge >= 0.3 is 0 Å². The molecule has 0 fully saturated rings. The molecule has 4 rings (SSSR count). The van der Waals surface area contributed by atoms with Gasteiger partial charge in [0.1, 0.15) is 17.2 Å². The lowest BCUT2D eigenvalue weighted by molar-refractivity contribution is 0.974. The molecule has 0 aliphatic carbocycles. The summed E-state index contributed by atoms with van der Waals surface area (Å²) in [5.41, 5.74) is 1.80. The monoisotopic (exact) mass is 399 g/mol. The van der Waals surface area contributed by atoms with E-state index in [0.717, 1.165) is 22.2 Å². The molecule has 0 saturated heterocycles. The lowest BCUT2D eigenvalue weighted by Crippen LogP contribution is -2.05. The highest BCUT2D eigenvalue weighted by molar-refractivity contribution is 7.99. The molecule has 29 heavy (non-hydrogen) atoms. The molecular weight excluding hydrogens is 382 g/mol. The molecule has 3 aromatic heterocycles. The summed E-state index contributed by atoms with van der Waals surface area (Å²) in [7, 11) is 0. The number of aromatic amines is 1. The van der Waals surface area contributed by atoms with E-state index in [1.807, 2.05) is 24.3 Å². The molecule has 0 bridgehead atoms. The van der Waals surface area contributed by atoms with E-state index in [1.54, 1.807) is 30.2 Å². The first kappa shape index (κ1) is 18.7. The van der Waals surface area contributed by atoms with Crippen molar-refractivity contribution in [3.63, 3.8) is 0 Å². The van der Waals surface area contributed by atoms with Crippen LogP contribution in [0, 0.1) is 11.8 Å². The third kappa shape index (κ3) is 4.62. The van der Waals surface area contributed by atoms with Gasteiger partial charge in [-0.3, -0.25) is 4.79 Å². The molecule has 4 aromatic rings. The van der Waals surface area contributed by atoms with Crippen molar-refractivity contribution in [1.29, 1.82) is 0 Å². The van der Waals surface area contributed by atoms with Gasteiger partial charge < -0.3 is 5.32 Å². The van der Waals surface area contributed by atoms with Gasteiger partial charge in [-0.1, -0.05) is 6.92 Å². The van der Waals surface area contributed by atoms with Crippen LogP contribution in [0.5, 0.6) is 0 Å². The first-order chi connectivity index (χ1) is 14.2. The zero-order chi connectivity index (χ0) is 20.1. The van der Waals surface area contributed by atoms with E-state index in [4.69, 9.17) is 0 Å². The predicted molar refractivity (Wildman–Crippen MR) is 116 cm³/mol. The van der Waals surface area contributed by atoms with E-state index in [1.165, 1.54) is 11.0 Å². The third-order valence-electron chi connectivity index (χ3n) is 4.07. The average Bonchev–Trinajstić information content (AvgIpc) is 2.75. The number of hydrogen-bond acceptors (Lipinski definition) is 6. The zero-order valence-corrected chi connectivity index (χ0v) is 16.5. The van der Waals surface area contributed by atoms with Gasteiger partial charge in [-0.15, -0.1) is 11.8 Å². The van der Waals surface area contributed by atoms with E-state index in [9.17, 15) is 4.79 Å². The van der Waals surface area contributed by atoms with E-state index >= 15 is 0 Å². The van der Waals surface area contributed by atoms with Crippen LogP contribution in [-0.4, -0.2) is 25.9 Å². The first-order valence-corrected chi connectivity index (χ1v) is 10.0. The number of fused-ring (bicyclic) bond motifs is 1. The number of hydrogen-bond donors (Lipinski definition) is 2. The molecule has 7 heteroatoms. The lowest BCUT2D eigenvalue weighted by atomic mass is 10.1. The maximum absolute atomic E-state index is 11.1. The highest BCUT2D eigenvalue weighted by Gasteiger charge is 2.04. The average molecular weight is 399 g/mol. The molecule has 0 radical (unpaired) electrons. The molecule has 1 aromatic carbocycles. The second kappa shape index (κ2) is 8.59. The van der Waals surface area contributed by atoms with Crippen LogP contribution in [0.4, 0.5) is 11.5 Å². The molecule has 3 heterocycles. The van der Waals surface area contributed by atoms with E-state index in [2.05, 4.69) is 56.4 Å². The van der Waals surface area contributed by atoms with Crippen LogP contribution >= 0.6 is 11.8 Å². The van der Waals surface area contributed by atoms with Crippen LogP contribution in [0.3, 0.4) is 0 Å². The molecule has 0 unspecified atom stereocenters. The van der Waals surface area contributed by atoms with Crippen LogP contribution in [-0.2, 0) is 0 Å². The molecule has 0 spiro atoms. The fraction of sp³-hybridized carbons (Fsp3) is 0.0909. The van der Waals surface area contributed by atoms with Gasteiger partial charge in [0.2, 0.25) is 0 Å². The highest BCUT2D eigenvalue weighted by Crippen LogP contribution is 2.24. The van der Waals surface area contributed by atoms with Crippen LogP contribution in [0.15, 0.2) is 70.6 Å². The maximum atomic E-state index is 11.1.